The fourth-order valence-electron chi connectivity index (χ4n) is 5.30. The van der Waals surface area contributed by atoms with Gasteiger partial charge in [-0.3, -0.25) is 9.78 Å². The zero-order valence-corrected chi connectivity index (χ0v) is 20.8. The number of halogens is 1. The summed E-state index contributed by atoms with van der Waals surface area (Å²) in [5.74, 6) is -0.666. The topological polar surface area (TPSA) is 82.9 Å². The standard InChI is InChI=1S/C29H35FN2O4/c1-36-23-10-11-27-25(18-23)24(13-15-31-27)28(33)12-7-21-14-17-32(19-26(21)29(34)35)16-3-2-4-20-5-8-22(30)9-6-20/h5-6,8-11,13,15,18,21,26,28,33H,2-4,7,12,14,16-17,19H2,1H3,(H,34,35)/t21-,26+,28+/m1/s1. The van der Waals surface area contributed by atoms with Gasteiger partial charge in [0.15, 0.2) is 0 Å². The first-order valence-corrected chi connectivity index (χ1v) is 12.7. The molecule has 1 aliphatic heterocycles. The van der Waals surface area contributed by atoms with E-state index in [1.807, 2.05) is 36.4 Å². The predicted octanol–water partition coefficient (Wildman–Crippen LogP) is 5.24. The fourth-order valence-corrected chi connectivity index (χ4v) is 5.30. The van der Waals surface area contributed by atoms with Crippen LogP contribution in [-0.4, -0.2) is 52.8 Å². The molecule has 3 atom stereocenters. The fraction of sp³-hybridized carbons (Fsp3) is 0.448. The normalized spacial score (nSPS) is 19.3. The lowest BCUT2D eigenvalue weighted by Crippen LogP contribution is -2.44. The Bertz CT molecular complexity index is 1150. The first-order valence-electron chi connectivity index (χ1n) is 12.7. The molecule has 0 bridgehead atoms. The van der Waals surface area contributed by atoms with Crippen LogP contribution in [0.1, 0.15) is 49.3 Å². The molecule has 6 nitrogen and oxygen atoms in total. The maximum Gasteiger partial charge on any atom is 0.308 e. The molecule has 0 aliphatic carbocycles. The number of carboxylic acid groups (broad SMARTS) is 1. The second kappa shape index (κ2) is 12.3. The zero-order valence-electron chi connectivity index (χ0n) is 20.8. The molecule has 1 aliphatic rings. The minimum atomic E-state index is -0.760. The van der Waals surface area contributed by atoms with Crippen LogP contribution in [0, 0.1) is 17.7 Å². The van der Waals surface area contributed by atoms with Crippen molar-refractivity contribution in [3.05, 3.63) is 71.7 Å². The summed E-state index contributed by atoms with van der Waals surface area (Å²) in [4.78, 5) is 18.7. The number of aliphatic hydroxyl groups is 1. The van der Waals surface area contributed by atoms with Crippen molar-refractivity contribution in [3.63, 3.8) is 0 Å². The number of unbranched alkanes of at least 4 members (excludes halogenated alkanes) is 1. The second-order valence-electron chi connectivity index (χ2n) is 9.75. The van der Waals surface area contributed by atoms with Crippen molar-refractivity contribution in [1.82, 2.24) is 9.88 Å². The van der Waals surface area contributed by atoms with Crippen molar-refractivity contribution >= 4 is 16.9 Å². The minimum Gasteiger partial charge on any atom is -0.497 e. The Morgan fingerprint density at radius 2 is 2.00 bits per heavy atom. The average molecular weight is 495 g/mol. The lowest BCUT2D eigenvalue weighted by atomic mass is 9.81. The SMILES string of the molecule is COc1ccc2nccc([C@@H](O)CC[C@@H]3CCN(CCCCc4ccc(F)cc4)C[C@@H]3C(=O)O)c2c1. The summed E-state index contributed by atoms with van der Waals surface area (Å²) in [5, 5.41) is 21.8. The summed E-state index contributed by atoms with van der Waals surface area (Å²) in [6, 6.07) is 14.1. The van der Waals surface area contributed by atoms with Gasteiger partial charge < -0.3 is 19.8 Å². The highest BCUT2D eigenvalue weighted by atomic mass is 19.1. The van der Waals surface area contributed by atoms with E-state index in [-0.39, 0.29) is 11.7 Å². The van der Waals surface area contributed by atoms with Crippen LogP contribution in [0.4, 0.5) is 4.39 Å². The number of rotatable bonds is 11. The van der Waals surface area contributed by atoms with Crippen molar-refractivity contribution in [3.8, 4) is 5.75 Å². The first kappa shape index (κ1) is 26.0. The smallest absolute Gasteiger partial charge is 0.308 e. The van der Waals surface area contributed by atoms with E-state index in [1.54, 1.807) is 13.3 Å². The molecule has 0 radical (unpaired) electrons. The predicted molar refractivity (Wildman–Crippen MR) is 137 cm³/mol. The van der Waals surface area contributed by atoms with Crippen LogP contribution >= 0.6 is 0 Å². The Kier molecular flexibility index (Phi) is 8.88. The van der Waals surface area contributed by atoms with Crippen LogP contribution in [0.2, 0.25) is 0 Å². The molecule has 2 N–H and O–H groups in total. The van der Waals surface area contributed by atoms with E-state index >= 15 is 0 Å². The summed E-state index contributed by atoms with van der Waals surface area (Å²) in [5.41, 5.74) is 2.71. The van der Waals surface area contributed by atoms with Crippen molar-refractivity contribution in [2.45, 2.75) is 44.6 Å². The quantitative estimate of drug-likeness (QED) is 0.355. The average Bonchev–Trinajstić information content (AvgIpc) is 2.90. The van der Waals surface area contributed by atoms with Gasteiger partial charge in [0, 0.05) is 18.1 Å². The maximum atomic E-state index is 13.1. The molecule has 1 fully saturated rings. The van der Waals surface area contributed by atoms with E-state index in [2.05, 4.69) is 9.88 Å². The van der Waals surface area contributed by atoms with Gasteiger partial charge in [0.25, 0.3) is 0 Å². The Morgan fingerprint density at radius 1 is 1.19 bits per heavy atom. The van der Waals surface area contributed by atoms with Gasteiger partial charge >= 0.3 is 5.97 Å². The maximum absolute atomic E-state index is 13.1. The Labute approximate surface area is 211 Å². The molecule has 2 aromatic carbocycles. The van der Waals surface area contributed by atoms with E-state index in [4.69, 9.17) is 4.74 Å². The van der Waals surface area contributed by atoms with Crippen LogP contribution in [0.3, 0.4) is 0 Å². The van der Waals surface area contributed by atoms with Crippen LogP contribution in [0.25, 0.3) is 10.9 Å². The van der Waals surface area contributed by atoms with Gasteiger partial charge in [-0.15, -0.1) is 0 Å². The highest BCUT2D eigenvalue weighted by Crippen LogP contribution is 2.33. The highest BCUT2D eigenvalue weighted by Gasteiger charge is 2.34. The number of ether oxygens (including phenoxy) is 1. The molecule has 0 unspecified atom stereocenters. The van der Waals surface area contributed by atoms with Crippen molar-refractivity contribution in [1.29, 1.82) is 0 Å². The monoisotopic (exact) mass is 494 g/mol. The molecule has 4 rings (SSSR count). The summed E-state index contributed by atoms with van der Waals surface area (Å²) < 4.78 is 18.4. The second-order valence-corrected chi connectivity index (χ2v) is 9.75. The van der Waals surface area contributed by atoms with E-state index in [0.29, 0.717) is 25.1 Å². The van der Waals surface area contributed by atoms with Gasteiger partial charge in [-0.1, -0.05) is 12.1 Å². The number of fused-ring (bicyclic) bond motifs is 1. The summed E-state index contributed by atoms with van der Waals surface area (Å²) in [7, 11) is 1.61. The summed E-state index contributed by atoms with van der Waals surface area (Å²) in [6.45, 7) is 2.28. The summed E-state index contributed by atoms with van der Waals surface area (Å²) >= 11 is 0. The number of aliphatic carboxylic acids is 1. The molecular weight excluding hydrogens is 459 g/mol. The number of methoxy groups -OCH3 is 1. The number of nitrogens with zero attached hydrogens (tertiary/aromatic N) is 2. The lowest BCUT2D eigenvalue weighted by molar-refractivity contribution is -0.146. The number of hydrogen-bond donors (Lipinski definition) is 2. The number of likely N-dealkylation sites (tertiary alicyclic amines) is 1. The third-order valence-corrected chi connectivity index (χ3v) is 7.41. The molecular formula is C29H35FN2O4. The number of benzene rings is 2. The van der Waals surface area contributed by atoms with Crippen LogP contribution in [0.5, 0.6) is 5.75 Å². The van der Waals surface area contributed by atoms with Crippen molar-refractivity contribution in [2.24, 2.45) is 11.8 Å². The Balaban J connectivity index is 1.29. The molecule has 7 heteroatoms. The minimum absolute atomic E-state index is 0.0373. The van der Waals surface area contributed by atoms with E-state index in [0.717, 1.165) is 60.8 Å². The van der Waals surface area contributed by atoms with E-state index in [1.165, 1.54) is 12.1 Å². The number of carbonyl (C=O) groups is 1. The number of hydrogen-bond acceptors (Lipinski definition) is 5. The molecule has 1 aromatic heterocycles. The number of piperidine rings is 1. The molecule has 192 valence electrons. The number of pyridine rings is 1. The van der Waals surface area contributed by atoms with Crippen LogP contribution in [-0.2, 0) is 11.2 Å². The van der Waals surface area contributed by atoms with Crippen LogP contribution in [0.15, 0.2) is 54.7 Å². The largest absolute Gasteiger partial charge is 0.497 e. The third-order valence-electron chi connectivity index (χ3n) is 7.41. The van der Waals surface area contributed by atoms with Gasteiger partial charge in [0.1, 0.15) is 11.6 Å². The Hall–Kier alpha value is -3.03. The van der Waals surface area contributed by atoms with Crippen molar-refractivity contribution in [2.75, 3.05) is 26.7 Å². The first-order chi connectivity index (χ1) is 17.4. The molecule has 36 heavy (non-hydrogen) atoms. The molecule has 1 saturated heterocycles. The van der Waals surface area contributed by atoms with Crippen LogP contribution < -0.4 is 4.74 Å². The molecule has 0 saturated carbocycles. The third kappa shape index (κ3) is 6.59. The van der Waals surface area contributed by atoms with Gasteiger partial charge in [-0.05, 0) is 105 Å². The van der Waals surface area contributed by atoms with Gasteiger partial charge in [-0.25, -0.2) is 4.39 Å². The number of aliphatic hydroxyl groups excluding tert-OH is 1. The number of aromatic nitrogens is 1. The molecule has 0 amide bonds. The van der Waals surface area contributed by atoms with Gasteiger partial charge in [0.2, 0.25) is 0 Å². The summed E-state index contributed by atoms with van der Waals surface area (Å²) in [6.07, 6.45) is 5.83. The molecule has 3 aromatic rings. The lowest BCUT2D eigenvalue weighted by Gasteiger charge is -2.37. The zero-order chi connectivity index (χ0) is 25.5. The number of aryl methyl sites for hydroxylation is 1. The highest BCUT2D eigenvalue weighted by molar-refractivity contribution is 5.83. The molecule has 2 heterocycles. The van der Waals surface area contributed by atoms with E-state index < -0.39 is 18.0 Å². The van der Waals surface area contributed by atoms with Gasteiger partial charge in [0.05, 0.1) is 24.6 Å². The van der Waals surface area contributed by atoms with Crippen molar-refractivity contribution < 1.29 is 24.1 Å². The molecule has 0 spiro atoms. The Morgan fingerprint density at radius 3 is 2.75 bits per heavy atom. The van der Waals surface area contributed by atoms with E-state index in [9.17, 15) is 19.4 Å². The van der Waals surface area contributed by atoms with Gasteiger partial charge in [-0.2, -0.15) is 0 Å². The number of carboxylic acids is 1.